The van der Waals surface area contributed by atoms with E-state index >= 15 is 4.39 Å². The number of ketones is 1. The van der Waals surface area contributed by atoms with Gasteiger partial charge < -0.3 is 69.4 Å². The van der Waals surface area contributed by atoms with Crippen LogP contribution in [0.1, 0.15) is 123 Å². The third kappa shape index (κ3) is 11.7. The van der Waals surface area contributed by atoms with Crippen molar-refractivity contribution in [3.8, 4) is 23.0 Å². The first-order valence-electron chi connectivity index (χ1n) is 28.7. The number of aliphatic hydroxyl groups excluding tert-OH is 2. The number of phenols is 3. The number of phenolic OH excluding ortho intramolecular Hbond substituents is 3. The number of carboxylic acid groups (broad SMARTS) is 1. The van der Waals surface area contributed by atoms with E-state index in [4.69, 9.17) is 23.7 Å². The standard InChI is InChI=1S/C61H75FN6O17/c1-28-12-11-13-29(2)57(76)64-46-40(25-63-67-21-19-65(20-22-67)60(80)84-37-16-18-66(26-37)48-31(4)47-38(36-14-15-36)24-39(59(78)79)58(77)68(47)27-41(48)62)52(73)43-44(53(46)74)51(72)34(7)55-45(43)56(75)61(9,85-55)82-23-17-42(81-10)30(3)54(83-35(8)69)33(6)50(71)32(5)49(28)70/h11-13,24-25,27-28,30,32-33,36-37,42,49-50,54,70-74H,14-23,26H2,1-10H3,(H,64,76)(H,78,79)/b12-11+,29-13-,63-25+/t28-,30+,32+,33+,37-,42-,49-,50+,54+,61-/m0/s1. The molecule has 0 unspecified atom stereocenters. The van der Waals surface area contributed by atoms with E-state index in [1.54, 1.807) is 56.7 Å². The van der Waals surface area contributed by atoms with Crippen molar-refractivity contribution in [2.24, 2.45) is 28.8 Å². The van der Waals surface area contributed by atoms with E-state index in [9.17, 15) is 59.4 Å². The number of anilines is 2. The minimum absolute atomic E-state index is 0.00447. The van der Waals surface area contributed by atoms with Crippen LogP contribution in [-0.4, -0.2) is 170 Å². The SMILES string of the molecule is CO[C@H]1CCO[C@@]2(C)Oc3c(C)c(O)c4c(O)c(c(/C=N/N5CCN(C(=O)O[C@H]6CCN(c7c(F)cn8c(=O)c(C(=O)O)cc(C9CC9)c8c7C)C6)CC5)c(O)c4c3C2=O)NC(=O)/C(C)=C\C=C\[C@H](C)[C@H](O)[C@@H](C)[C@@H](O)[C@@H](C)[C@H](OC(C)=O)[C@@H]1C. The number of carbonyl (C=O) groups is 5. The van der Waals surface area contributed by atoms with Crippen molar-refractivity contribution in [1.29, 1.82) is 0 Å². The Morgan fingerprint density at radius 2 is 1.56 bits per heavy atom. The van der Waals surface area contributed by atoms with E-state index in [2.05, 4.69) is 10.4 Å². The number of hydrogen-bond acceptors (Lipinski definition) is 19. The predicted octanol–water partition coefficient (Wildman–Crippen LogP) is 6.63. The van der Waals surface area contributed by atoms with Crippen molar-refractivity contribution < 1.29 is 82.7 Å². The molecule has 458 valence electrons. The summed E-state index contributed by atoms with van der Waals surface area (Å²) in [4.78, 5) is 83.4. The van der Waals surface area contributed by atoms with Crippen LogP contribution in [0.4, 0.5) is 20.6 Å². The van der Waals surface area contributed by atoms with Crippen molar-refractivity contribution in [2.75, 3.05) is 63.2 Å². The molecule has 85 heavy (non-hydrogen) atoms. The summed E-state index contributed by atoms with van der Waals surface area (Å²) >= 11 is 0. The second-order valence-corrected chi connectivity index (χ2v) is 23.4. The molecule has 2 saturated heterocycles. The quantitative estimate of drug-likeness (QED) is 0.0421. The number of fused-ring (bicyclic) bond motifs is 16. The van der Waals surface area contributed by atoms with Gasteiger partial charge in [0.1, 0.15) is 35.0 Å². The zero-order valence-electron chi connectivity index (χ0n) is 49.3. The van der Waals surface area contributed by atoms with Crippen LogP contribution in [0, 0.1) is 43.3 Å². The number of nitrogens with one attached hydrogen (secondary N) is 1. The summed E-state index contributed by atoms with van der Waals surface area (Å²) in [5.41, 5.74) is -0.209. The molecule has 5 bridgehead atoms. The van der Waals surface area contributed by atoms with Gasteiger partial charge in [-0.2, -0.15) is 5.10 Å². The fourth-order valence-corrected chi connectivity index (χ4v) is 12.4. The molecule has 6 aliphatic rings. The van der Waals surface area contributed by atoms with Crippen LogP contribution in [0.2, 0.25) is 0 Å². The van der Waals surface area contributed by atoms with Crippen LogP contribution in [0.3, 0.4) is 0 Å². The maximum Gasteiger partial charge on any atom is 0.410 e. The maximum atomic E-state index is 16.0. The minimum atomic E-state index is -2.06. The van der Waals surface area contributed by atoms with Crippen LogP contribution >= 0.6 is 0 Å². The summed E-state index contributed by atoms with van der Waals surface area (Å²) < 4.78 is 47.1. The zero-order chi connectivity index (χ0) is 61.8. The number of pyridine rings is 2. The van der Waals surface area contributed by atoms with Crippen molar-refractivity contribution in [3.63, 3.8) is 0 Å². The normalized spacial score (nSPS) is 28.2. The first-order chi connectivity index (χ1) is 40.2. The number of hydrazone groups is 1. The van der Waals surface area contributed by atoms with Crippen molar-refractivity contribution in [1.82, 2.24) is 14.3 Å². The van der Waals surface area contributed by atoms with E-state index in [-0.39, 0.29) is 102 Å². The van der Waals surface area contributed by atoms with E-state index < -0.39 is 124 Å². The van der Waals surface area contributed by atoms with Gasteiger partial charge in [0, 0.05) is 87.2 Å². The number of aliphatic hydroxyl groups is 2. The molecule has 5 aliphatic heterocycles. The van der Waals surface area contributed by atoms with Gasteiger partial charge in [-0.25, -0.2) is 14.0 Å². The molecule has 3 fully saturated rings. The van der Waals surface area contributed by atoms with Gasteiger partial charge in [-0.15, -0.1) is 0 Å². The summed E-state index contributed by atoms with van der Waals surface area (Å²) in [6, 6.07) is 1.40. The van der Waals surface area contributed by atoms with Gasteiger partial charge in [0.15, 0.2) is 11.6 Å². The smallest absolute Gasteiger partial charge is 0.410 e. The number of nitrogens with zero attached hydrogens (tertiary/aromatic N) is 5. The van der Waals surface area contributed by atoms with E-state index in [0.29, 0.717) is 29.6 Å². The molecule has 1 saturated carbocycles. The molecule has 4 aromatic rings. The minimum Gasteiger partial charge on any atom is -0.507 e. The summed E-state index contributed by atoms with van der Waals surface area (Å²) in [7, 11) is 1.46. The lowest BCUT2D eigenvalue weighted by atomic mass is 9.78. The first-order valence-corrected chi connectivity index (χ1v) is 28.7. The fraction of sp³-hybridized carbons (Fsp3) is 0.525. The number of amides is 2. The highest BCUT2D eigenvalue weighted by atomic mass is 19.1. The second kappa shape index (κ2) is 24.3. The number of carboxylic acids is 1. The third-order valence-corrected chi connectivity index (χ3v) is 17.6. The van der Waals surface area contributed by atoms with Gasteiger partial charge in [-0.1, -0.05) is 45.9 Å². The molecule has 23 nitrogen and oxygen atoms in total. The summed E-state index contributed by atoms with van der Waals surface area (Å²) in [6.07, 6.45) is 3.85. The van der Waals surface area contributed by atoms with Crippen molar-refractivity contribution in [3.05, 3.63) is 85.6 Å². The van der Waals surface area contributed by atoms with Crippen molar-refractivity contribution >= 4 is 63.6 Å². The second-order valence-electron chi connectivity index (χ2n) is 23.4. The molecule has 7 heterocycles. The largest absolute Gasteiger partial charge is 0.507 e. The van der Waals surface area contributed by atoms with Crippen LogP contribution in [0.15, 0.2) is 46.0 Å². The monoisotopic (exact) mass is 1180 g/mol. The highest BCUT2D eigenvalue weighted by Crippen LogP contribution is 2.55. The average molecular weight is 1180 g/mol. The molecule has 2 aromatic heterocycles. The van der Waals surface area contributed by atoms with Crippen LogP contribution in [-0.2, 0) is 28.5 Å². The number of carbonyl (C=O) groups excluding carboxylic acids is 4. The number of hydrogen-bond donors (Lipinski definition) is 7. The number of esters is 1. The van der Waals surface area contributed by atoms with Gasteiger partial charge in [0.2, 0.25) is 5.78 Å². The van der Waals surface area contributed by atoms with E-state index in [1.807, 2.05) is 0 Å². The topological polar surface area (TPSA) is 308 Å². The summed E-state index contributed by atoms with van der Waals surface area (Å²) in [6.45, 7) is 15.0. The number of benzene rings is 2. The number of aryl methyl sites for hydroxylation is 1. The molecular weight excluding hydrogens is 1110 g/mol. The highest BCUT2D eigenvalue weighted by Gasteiger charge is 2.50. The molecule has 0 spiro atoms. The van der Waals surface area contributed by atoms with Crippen LogP contribution < -0.4 is 20.5 Å². The van der Waals surface area contributed by atoms with E-state index in [0.717, 1.165) is 23.4 Å². The molecule has 7 N–H and O–H groups in total. The summed E-state index contributed by atoms with van der Waals surface area (Å²) in [5, 5.41) is 77.4. The molecule has 10 atom stereocenters. The zero-order valence-corrected chi connectivity index (χ0v) is 49.3. The lowest BCUT2D eigenvalue weighted by Crippen LogP contribution is -2.47. The molecule has 0 radical (unpaired) electrons. The number of aromatic hydroxyl groups is 3. The molecule has 1 aliphatic carbocycles. The first kappa shape index (κ1) is 61.8. The van der Waals surface area contributed by atoms with Crippen molar-refractivity contribution in [2.45, 2.75) is 130 Å². The Balaban J connectivity index is 0.976. The van der Waals surface area contributed by atoms with Gasteiger partial charge in [0.25, 0.3) is 17.3 Å². The average Bonchev–Trinajstić information content (AvgIpc) is 1.78. The molecule has 10 rings (SSSR count). The number of ether oxygens (including phenoxy) is 5. The number of rotatable bonds is 8. The van der Waals surface area contributed by atoms with Gasteiger partial charge >= 0.3 is 18.0 Å². The molecule has 2 amide bonds. The number of allylic oxidation sites excluding steroid dienone is 2. The lowest BCUT2D eigenvalue weighted by molar-refractivity contribution is -0.164. The summed E-state index contributed by atoms with van der Waals surface area (Å²) in [5.74, 6) is -11.0. The number of Topliss-reactive ketones (excluding diaryl/α,β-unsaturated/α-hetero) is 1. The third-order valence-electron chi connectivity index (χ3n) is 17.6. The van der Waals surface area contributed by atoms with E-state index in [1.165, 1.54) is 58.1 Å². The number of aromatic nitrogens is 1. The Bertz CT molecular complexity index is 3520. The lowest BCUT2D eigenvalue weighted by Gasteiger charge is -2.38. The highest BCUT2D eigenvalue weighted by molar-refractivity contribution is 6.24. The predicted molar refractivity (Wildman–Crippen MR) is 309 cm³/mol. The Morgan fingerprint density at radius 1 is 0.871 bits per heavy atom. The van der Waals surface area contributed by atoms with Gasteiger partial charge in [-0.05, 0) is 63.1 Å². The Morgan fingerprint density at radius 3 is 2.21 bits per heavy atom. The van der Waals surface area contributed by atoms with Crippen LogP contribution in [0.25, 0.3) is 16.3 Å². The maximum absolute atomic E-state index is 16.0. The van der Waals surface area contributed by atoms with Gasteiger partial charge in [0.05, 0.1) is 90.4 Å². The van der Waals surface area contributed by atoms with Crippen LogP contribution in [0.5, 0.6) is 23.0 Å². The Kier molecular flexibility index (Phi) is 17.6. The number of aromatic carboxylic acids is 1. The molecule has 24 heteroatoms. The van der Waals surface area contributed by atoms with Gasteiger partial charge in [-0.3, -0.25) is 28.6 Å². The fourth-order valence-electron chi connectivity index (χ4n) is 12.4. The number of methoxy groups -OCH3 is 1. The Hall–Kier alpha value is -7.80. The molecular formula is C61H75FN6O17. The number of piperazine rings is 1. The Labute approximate surface area is 489 Å². The molecule has 2 aromatic carbocycles. The number of halogens is 1.